The largest absolute Gasteiger partial charge is 0.465 e. The maximum Gasteiger partial charge on any atom is 0.339 e. The summed E-state index contributed by atoms with van der Waals surface area (Å²) in [4.78, 5) is 23.9. The van der Waals surface area contributed by atoms with Crippen LogP contribution in [0.3, 0.4) is 0 Å². The Morgan fingerprint density at radius 1 is 1.12 bits per heavy atom. The van der Waals surface area contributed by atoms with Gasteiger partial charge in [0.25, 0.3) is 5.91 Å². The topological polar surface area (TPSA) is 55.4 Å². The van der Waals surface area contributed by atoms with Gasteiger partial charge in [0, 0.05) is 12.1 Å². The van der Waals surface area contributed by atoms with Crippen LogP contribution < -0.4 is 5.32 Å². The predicted molar refractivity (Wildman–Crippen MR) is 85.0 cm³/mol. The Balaban J connectivity index is 2.27. The summed E-state index contributed by atoms with van der Waals surface area (Å²) in [5, 5.41) is 2.22. The van der Waals surface area contributed by atoms with Gasteiger partial charge in [-0.3, -0.25) is 4.79 Å². The fourth-order valence-corrected chi connectivity index (χ4v) is 2.34. The highest BCUT2D eigenvalue weighted by molar-refractivity contribution is 6.34. The number of methoxy groups -OCH3 is 1. The van der Waals surface area contributed by atoms with E-state index in [-0.39, 0.29) is 28.3 Å². The standard InChI is InChI=1S/C17H13ClF3NO3/c1-8-14(18)10(17(24)25-2)6-11(15(8)21)16(23)22-7-9-3-4-12(19)13(20)5-9/h3-6H,7H2,1-2H3,(H,22,23). The first-order valence-electron chi connectivity index (χ1n) is 7.05. The van der Waals surface area contributed by atoms with Gasteiger partial charge in [-0.25, -0.2) is 18.0 Å². The number of hydrogen-bond donors (Lipinski definition) is 1. The van der Waals surface area contributed by atoms with Crippen LogP contribution in [0.2, 0.25) is 5.02 Å². The smallest absolute Gasteiger partial charge is 0.339 e. The molecule has 132 valence electrons. The second kappa shape index (κ2) is 7.57. The first-order valence-corrected chi connectivity index (χ1v) is 7.43. The Bertz CT molecular complexity index is 856. The van der Waals surface area contributed by atoms with Crippen molar-refractivity contribution in [3.05, 3.63) is 69.0 Å². The highest BCUT2D eigenvalue weighted by atomic mass is 35.5. The Hall–Kier alpha value is -2.54. The zero-order chi connectivity index (χ0) is 18.7. The third-order valence-corrected chi connectivity index (χ3v) is 3.99. The van der Waals surface area contributed by atoms with Gasteiger partial charge in [0.15, 0.2) is 11.6 Å². The molecule has 0 aliphatic heterocycles. The normalized spacial score (nSPS) is 10.5. The average molecular weight is 372 g/mol. The number of carbonyl (C=O) groups is 2. The molecule has 4 nitrogen and oxygen atoms in total. The summed E-state index contributed by atoms with van der Waals surface area (Å²) >= 11 is 5.90. The van der Waals surface area contributed by atoms with Crippen molar-refractivity contribution >= 4 is 23.5 Å². The fraction of sp³-hybridized carbons (Fsp3) is 0.176. The first kappa shape index (κ1) is 18.8. The number of nitrogens with one attached hydrogen (secondary N) is 1. The van der Waals surface area contributed by atoms with E-state index in [2.05, 4.69) is 10.1 Å². The van der Waals surface area contributed by atoms with Gasteiger partial charge in [-0.15, -0.1) is 0 Å². The molecule has 0 unspecified atom stereocenters. The molecule has 0 saturated carbocycles. The van der Waals surface area contributed by atoms with Crippen LogP contribution in [0.15, 0.2) is 24.3 Å². The molecule has 1 N–H and O–H groups in total. The van der Waals surface area contributed by atoms with Gasteiger partial charge >= 0.3 is 5.97 Å². The van der Waals surface area contributed by atoms with Gasteiger partial charge in [0.05, 0.1) is 23.3 Å². The lowest BCUT2D eigenvalue weighted by molar-refractivity contribution is 0.0600. The van der Waals surface area contributed by atoms with Crippen molar-refractivity contribution in [2.45, 2.75) is 13.5 Å². The molecule has 0 heterocycles. The zero-order valence-corrected chi connectivity index (χ0v) is 14.0. The molecule has 0 aliphatic rings. The van der Waals surface area contributed by atoms with Crippen LogP contribution in [0.1, 0.15) is 31.8 Å². The number of rotatable bonds is 4. The van der Waals surface area contributed by atoms with E-state index in [1.54, 1.807) is 0 Å². The summed E-state index contributed by atoms with van der Waals surface area (Å²) in [7, 11) is 1.13. The maximum absolute atomic E-state index is 14.3. The Morgan fingerprint density at radius 3 is 2.40 bits per heavy atom. The lowest BCUT2D eigenvalue weighted by Crippen LogP contribution is -2.25. The van der Waals surface area contributed by atoms with E-state index < -0.39 is 34.9 Å². The fourth-order valence-electron chi connectivity index (χ4n) is 2.12. The summed E-state index contributed by atoms with van der Waals surface area (Å²) in [5.41, 5.74) is -0.361. The molecule has 0 spiro atoms. The van der Waals surface area contributed by atoms with Gasteiger partial charge in [0.1, 0.15) is 5.82 Å². The molecule has 2 aromatic carbocycles. The van der Waals surface area contributed by atoms with Crippen LogP contribution in [0.4, 0.5) is 13.2 Å². The van der Waals surface area contributed by atoms with Crippen LogP contribution in [0, 0.1) is 24.4 Å². The van der Waals surface area contributed by atoms with Crippen molar-refractivity contribution in [1.82, 2.24) is 5.32 Å². The van der Waals surface area contributed by atoms with E-state index in [0.29, 0.717) is 0 Å². The van der Waals surface area contributed by atoms with Crippen molar-refractivity contribution in [1.29, 1.82) is 0 Å². The van der Waals surface area contributed by atoms with E-state index in [1.165, 1.54) is 13.0 Å². The highest BCUT2D eigenvalue weighted by Gasteiger charge is 2.22. The molecule has 0 aromatic heterocycles. The average Bonchev–Trinajstić information content (AvgIpc) is 2.60. The maximum atomic E-state index is 14.3. The van der Waals surface area contributed by atoms with E-state index in [4.69, 9.17) is 11.6 Å². The van der Waals surface area contributed by atoms with Crippen LogP contribution in [-0.4, -0.2) is 19.0 Å². The number of ether oxygens (including phenoxy) is 1. The molecule has 0 atom stereocenters. The molecule has 1 amide bonds. The number of amides is 1. The minimum Gasteiger partial charge on any atom is -0.465 e. The van der Waals surface area contributed by atoms with Gasteiger partial charge in [-0.1, -0.05) is 17.7 Å². The zero-order valence-electron chi connectivity index (χ0n) is 13.3. The molecule has 0 saturated heterocycles. The quantitative estimate of drug-likeness (QED) is 0.832. The molecule has 25 heavy (non-hydrogen) atoms. The van der Waals surface area contributed by atoms with Crippen molar-refractivity contribution in [2.24, 2.45) is 0 Å². The SMILES string of the molecule is COC(=O)c1cc(C(=O)NCc2ccc(F)c(F)c2)c(F)c(C)c1Cl. The molecule has 8 heteroatoms. The summed E-state index contributed by atoms with van der Waals surface area (Å²) in [6, 6.07) is 4.09. The number of esters is 1. The first-order chi connectivity index (χ1) is 11.8. The highest BCUT2D eigenvalue weighted by Crippen LogP contribution is 2.27. The van der Waals surface area contributed by atoms with E-state index in [9.17, 15) is 22.8 Å². The van der Waals surface area contributed by atoms with Gasteiger partial charge in [-0.05, 0) is 30.7 Å². The summed E-state index contributed by atoms with van der Waals surface area (Å²) in [5.74, 6) is -4.62. The molecule has 2 rings (SSSR count). The van der Waals surface area contributed by atoms with E-state index in [1.807, 2.05) is 0 Å². The van der Waals surface area contributed by atoms with Crippen molar-refractivity contribution in [3.63, 3.8) is 0 Å². The molecule has 2 aromatic rings. The van der Waals surface area contributed by atoms with Gasteiger partial charge in [-0.2, -0.15) is 0 Å². The van der Waals surface area contributed by atoms with Crippen molar-refractivity contribution in [3.8, 4) is 0 Å². The number of hydrogen-bond acceptors (Lipinski definition) is 3. The number of benzene rings is 2. The molecule has 0 fully saturated rings. The molecular weight excluding hydrogens is 359 g/mol. The number of halogens is 4. The van der Waals surface area contributed by atoms with Crippen LogP contribution >= 0.6 is 11.6 Å². The molecular formula is C17H13ClF3NO3. The predicted octanol–water partition coefficient (Wildman–Crippen LogP) is 3.78. The van der Waals surface area contributed by atoms with E-state index in [0.717, 1.165) is 25.3 Å². The van der Waals surface area contributed by atoms with Crippen molar-refractivity contribution in [2.75, 3.05) is 7.11 Å². The van der Waals surface area contributed by atoms with Crippen molar-refractivity contribution < 1.29 is 27.5 Å². The lowest BCUT2D eigenvalue weighted by atomic mass is 10.0. The third kappa shape index (κ3) is 3.93. The third-order valence-electron chi connectivity index (χ3n) is 3.51. The molecule has 0 radical (unpaired) electrons. The van der Waals surface area contributed by atoms with Crippen LogP contribution in [0.5, 0.6) is 0 Å². The lowest BCUT2D eigenvalue weighted by Gasteiger charge is -2.12. The second-order valence-electron chi connectivity index (χ2n) is 5.15. The Labute approximate surface area is 146 Å². The second-order valence-corrected chi connectivity index (χ2v) is 5.53. The Kier molecular flexibility index (Phi) is 5.69. The monoisotopic (exact) mass is 371 g/mol. The minimum absolute atomic E-state index is 0.0810. The van der Waals surface area contributed by atoms with E-state index >= 15 is 0 Å². The van der Waals surface area contributed by atoms with Gasteiger partial charge in [0.2, 0.25) is 0 Å². The summed E-state index contributed by atoms with van der Waals surface area (Å²) in [6.07, 6.45) is 0. The summed E-state index contributed by atoms with van der Waals surface area (Å²) in [6.45, 7) is 1.15. The van der Waals surface area contributed by atoms with Crippen LogP contribution in [0.25, 0.3) is 0 Å². The van der Waals surface area contributed by atoms with Crippen LogP contribution in [-0.2, 0) is 11.3 Å². The summed E-state index contributed by atoms with van der Waals surface area (Å²) < 4.78 is 44.9. The molecule has 0 aliphatic carbocycles. The Morgan fingerprint density at radius 2 is 1.80 bits per heavy atom. The molecule has 0 bridgehead atoms. The van der Waals surface area contributed by atoms with Gasteiger partial charge < -0.3 is 10.1 Å². The minimum atomic E-state index is -1.06. The number of carbonyl (C=O) groups excluding carboxylic acids is 2.